The van der Waals surface area contributed by atoms with Gasteiger partial charge in [-0.3, -0.25) is 25.0 Å². The fraction of sp³-hybridized carbons (Fsp3) is 0.133. The van der Waals surface area contributed by atoms with Crippen LogP contribution < -0.4 is 4.72 Å². The van der Waals surface area contributed by atoms with Crippen LogP contribution in [-0.2, 0) is 14.8 Å². The number of ether oxygens (including phenoxy) is 1. The third-order valence-electron chi connectivity index (χ3n) is 3.48. The molecule has 2 rings (SSSR count). The summed E-state index contributed by atoms with van der Waals surface area (Å²) in [5, 5.41) is 22.6. The highest BCUT2D eigenvalue weighted by atomic mass is 32.2. The Morgan fingerprint density at radius 2 is 1.52 bits per heavy atom. The maximum absolute atomic E-state index is 12.5. The van der Waals surface area contributed by atoms with Crippen LogP contribution in [0.2, 0.25) is 0 Å². The lowest BCUT2D eigenvalue weighted by molar-refractivity contribution is -0.392. The Hall–Kier alpha value is -3.54. The fourth-order valence-corrected chi connectivity index (χ4v) is 3.24. The number of hydrogen-bond donors (Lipinski definition) is 1. The summed E-state index contributed by atoms with van der Waals surface area (Å²) in [4.78, 5) is 31.9. The number of nitro groups is 2. The summed E-state index contributed by atoms with van der Waals surface area (Å²) < 4.78 is 31.3. The zero-order valence-corrected chi connectivity index (χ0v) is 14.8. The van der Waals surface area contributed by atoms with Crippen molar-refractivity contribution >= 4 is 33.1 Å². The third-order valence-corrected chi connectivity index (χ3v) is 4.84. The summed E-state index contributed by atoms with van der Waals surface area (Å²) in [6.45, 7) is 1.73. The monoisotopic (exact) mass is 395 g/mol. The maximum Gasteiger partial charge on any atom is 0.338 e. The first-order valence-electron chi connectivity index (χ1n) is 7.21. The highest BCUT2D eigenvalue weighted by molar-refractivity contribution is 7.92. The molecule has 0 radical (unpaired) electrons. The number of esters is 1. The van der Waals surface area contributed by atoms with Gasteiger partial charge in [-0.1, -0.05) is 17.7 Å². The SMILES string of the molecule is COC(=O)c1cc([N+](=O)[O-])c(NS(=O)(=O)c2ccc(C)cc2)c([N+](=O)[O-])c1. The number of methoxy groups -OCH3 is 1. The van der Waals surface area contributed by atoms with Crippen molar-refractivity contribution in [2.24, 2.45) is 0 Å². The lowest BCUT2D eigenvalue weighted by Crippen LogP contribution is -2.16. The van der Waals surface area contributed by atoms with E-state index in [2.05, 4.69) is 4.74 Å². The molecule has 2 aromatic carbocycles. The Balaban J connectivity index is 2.67. The normalized spacial score (nSPS) is 10.9. The van der Waals surface area contributed by atoms with Gasteiger partial charge in [-0.15, -0.1) is 0 Å². The molecule has 0 aliphatic heterocycles. The molecule has 0 amide bonds. The number of rotatable bonds is 6. The van der Waals surface area contributed by atoms with Crippen LogP contribution in [0.25, 0.3) is 0 Å². The van der Waals surface area contributed by atoms with Crippen molar-refractivity contribution in [3.05, 3.63) is 67.8 Å². The first-order chi connectivity index (χ1) is 12.6. The van der Waals surface area contributed by atoms with Gasteiger partial charge in [-0.2, -0.15) is 0 Å². The van der Waals surface area contributed by atoms with Gasteiger partial charge in [0.05, 0.1) is 27.4 Å². The summed E-state index contributed by atoms with van der Waals surface area (Å²) in [5.41, 5.74) is -2.47. The number of nitro benzene ring substituents is 2. The van der Waals surface area contributed by atoms with Gasteiger partial charge >= 0.3 is 17.3 Å². The Morgan fingerprint density at radius 3 is 1.93 bits per heavy atom. The van der Waals surface area contributed by atoms with Gasteiger partial charge in [0, 0.05) is 12.1 Å². The second-order valence-corrected chi connectivity index (χ2v) is 7.00. The summed E-state index contributed by atoms with van der Waals surface area (Å²) in [6.07, 6.45) is 0. The molecule has 0 atom stereocenters. The number of anilines is 1. The maximum atomic E-state index is 12.5. The Morgan fingerprint density at radius 1 is 1.04 bits per heavy atom. The molecule has 1 N–H and O–H groups in total. The van der Waals surface area contributed by atoms with Crippen LogP contribution in [0.1, 0.15) is 15.9 Å². The topological polar surface area (TPSA) is 159 Å². The van der Waals surface area contributed by atoms with Crippen molar-refractivity contribution in [1.29, 1.82) is 0 Å². The van der Waals surface area contributed by atoms with Crippen LogP contribution in [0.15, 0.2) is 41.3 Å². The van der Waals surface area contributed by atoms with E-state index in [-0.39, 0.29) is 4.90 Å². The van der Waals surface area contributed by atoms with Gasteiger partial charge in [0.25, 0.3) is 10.0 Å². The van der Waals surface area contributed by atoms with Crippen LogP contribution in [0.5, 0.6) is 0 Å². The Kier molecular flexibility index (Phi) is 5.40. The minimum Gasteiger partial charge on any atom is -0.465 e. The number of sulfonamides is 1. The lowest BCUT2D eigenvalue weighted by Gasteiger charge is -2.10. The van der Waals surface area contributed by atoms with Crippen LogP contribution in [0.4, 0.5) is 17.1 Å². The van der Waals surface area contributed by atoms with E-state index in [1.165, 1.54) is 24.3 Å². The molecule has 0 aliphatic carbocycles. The second kappa shape index (κ2) is 7.37. The van der Waals surface area contributed by atoms with Crippen molar-refractivity contribution in [2.75, 3.05) is 11.8 Å². The van der Waals surface area contributed by atoms with Gasteiger partial charge in [0.2, 0.25) is 5.69 Å². The quantitative estimate of drug-likeness (QED) is 0.443. The number of carbonyl (C=O) groups excluding carboxylic acids is 1. The average Bonchev–Trinajstić information content (AvgIpc) is 2.60. The van der Waals surface area contributed by atoms with Gasteiger partial charge in [-0.25, -0.2) is 13.2 Å². The highest BCUT2D eigenvalue weighted by Crippen LogP contribution is 2.37. The van der Waals surface area contributed by atoms with Gasteiger partial charge in [0.15, 0.2) is 0 Å². The van der Waals surface area contributed by atoms with Crippen molar-refractivity contribution in [3.8, 4) is 0 Å². The van der Waals surface area contributed by atoms with Crippen molar-refractivity contribution in [1.82, 2.24) is 0 Å². The van der Waals surface area contributed by atoms with Crippen LogP contribution in [0, 0.1) is 27.2 Å². The zero-order valence-electron chi connectivity index (χ0n) is 14.0. The molecule has 0 heterocycles. The predicted octanol–water partition coefficient (Wildman–Crippen LogP) is 2.40. The minimum atomic E-state index is -4.36. The zero-order chi connectivity index (χ0) is 20.4. The Labute approximate surface area is 152 Å². The van der Waals surface area contributed by atoms with E-state index in [0.29, 0.717) is 12.1 Å². The number of nitrogens with zero attached hydrogens (tertiary/aromatic N) is 2. The molecule has 0 saturated carbocycles. The molecule has 142 valence electrons. The summed E-state index contributed by atoms with van der Waals surface area (Å²) in [6, 6.07) is 6.89. The number of aryl methyl sites for hydroxylation is 1. The molecule has 2 aromatic rings. The molecule has 11 nitrogen and oxygen atoms in total. The van der Waals surface area contributed by atoms with Gasteiger partial charge < -0.3 is 4.74 Å². The molecule has 0 fully saturated rings. The first-order valence-corrected chi connectivity index (χ1v) is 8.69. The molecule has 0 saturated heterocycles. The molecular formula is C15H13N3O8S. The Bertz CT molecular complexity index is 997. The molecule has 0 bridgehead atoms. The summed E-state index contributed by atoms with van der Waals surface area (Å²) in [7, 11) is -3.36. The smallest absolute Gasteiger partial charge is 0.338 e. The second-order valence-electron chi connectivity index (χ2n) is 5.31. The van der Waals surface area contributed by atoms with Gasteiger partial charge in [-0.05, 0) is 19.1 Å². The molecular weight excluding hydrogens is 382 g/mol. The molecule has 12 heteroatoms. The molecule has 0 unspecified atom stereocenters. The van der Waals surface area contributed by atoms with E-state index in [1.54, 1.807) is 6.92 Å². The number of carbonyl (C=O) groups is 1. The van der Waals surface area contributed by atoms with Crippen molar-refractivity contribution in [3.63, 3.8) is 0 Å². The third kappa shape index (κ3) is 4.17. The largest absolute Gasteiger partial charge is 0.465 e. The number of benzene rings is 2. The van der Waals surface area contributed by atoms with Crippen LogP contribution >= 0.6 is 0 Å². The lowest BCUT2D eigenvalue weighted by atomic mass is 10.1. The average molecular weight is 395 g/mol. The first kappa shape index (κ1) is 19.8. The van der Waals surface area contributed by atoms with E-state index < -0.39 is 48.5 Å². The summed E-state index contributed by atoms with van der Waals surface area (Å²) >= 11 is 0. The molecule has 27 heavy (non-hydrogen) atoms. The van der Waals surface area contributed by atoms with Crippen LogP contribution in [-0.4, -0.2) is 31.3 Å². The van der Waals surface area contributed by atoms with E-state index >= 15 is 0 Å². The molecule has 0 aromatic heterocycles. The van der Waals surface area contributed by atoms with E-state index in [1.807, 2.05) is 4.72 Å². The van der Waals surface area contributed by atoms with Crippen molar-refractivity contribution in [2.45, 2.75) is 11.8 Å². The number of hydrogen-bond acceptors (Lipinski definition) is 8. The van der Waals surface area contributed by atoms with E-state index in [0.717, 1.165) is 12.7 Å². The minimum absolute atomic E-state index is 0.242. The van der Waals surface area contributed by atoms with Crippen molar-refractivity contribution < 1.29 is 27.8 Å². The molecule has 0 aliphatic rings. The number of nitrogens with one attached hydrogen (secondary N) is 1. The van der Waals surface area contributed by atoms with E-state index in [9.17, 15) is 33.4 Å². The van der Waals surface area contributed by atoms with E-state index in [4.69, 9.17) is 0 Å². The van der Waals surface area contributed by atoms with Crippen LogP contribution in [0.3, 0.4) is 0 Å². The summed E-state index contributed by atoms with van der Waals surface area (Å²) in [5.74, 6) is -1.05. The fourth-order valence-electron chi connectivity index (χ4n) is 2.15. The predicted molar refractivity (Wildman–Crippen MR) is 93.1 cm³/mol. The standard InChI is InChI=1S/C15H13N3O8S/c1-9-3-5-11(6-4-9)27(24,25)16-14-12(17(20)21)7-10(15(19)26-2)8-13(14)18(22)23/h3-8,16H,1-2H3. The molecule has 0 spiro atoms. The van der Waals surface area contributed by atoms with Gasteiger partial charge in [0.1, 0.15) is 0 Å². The highest BCUT2D eigenvalue weighted by Gasteiger charge is 2.32.